The number of H-pyrrole nitrogens is 2. The van der Waals surface area contributed by atoms with Gasteiger partial charge in [0, 0.05) is 35.9 Å². The van der Waals surface area contributed by atoms with Gasteiger partial charge in [0.1, 0.15) is 22.9 Å². The van der Waals surface area contributed by atoms with Crippen LogP contribution in [0.15, 0.2) is 67.4 Å². The minimum atomic E-state index is 0.202. The smallest absolute Gasteiger partial charge is 0.161 e. The van der Waals surface area contributed by atoms with Gasteiger partial charge in [-0.15, -0.1) is 0 Å². The second kappa shape index (κ2) is 9.07. The molecule has 182 valence electrons. The van der Waals surface area contributed by atoms with E-state index in [-0.39, 0.29) is 6.10 Å². The molecule has 1 aliphatic heterocycles. The maximum absolute atomic E-state index is 6.19. The Labute approximate surface area is 211 Å². The Kier molecular flexibility index (Phi) is 5.29. The predicted octanol–water partition coefficient (Wildman–Crippen LogP) is 4.15. The lowest BCUT2D eigenvalue weighted by Gasteiger charge is -2.23. The van der Waals surface area contributed by atoms with Gasteiger partial charge in [0.15, 0.2) is 11.5 Å². The molecule has 6 aromatic rings. The second-order valence-corrected chi connectivity index (χ2v) is 9.02. The first kappa shape index (κ1) is 21.6. The van der Waals surface area contributed by atoms with Gasteiger partial charge in [-0.1, -0.05) is 0 Å². The molecule has 0 radical (unpaired) electrons. The first-order chi connectivity index (χ1) is 18.3. The molecule has 3 N–H and O–H groups in total. The molecule has 1 aliphatic rings. The van der Waals surface area contributed by atoms with Crippen LogP contribution in [0.1, 0.15) is 12.8 Å². The summed E-state index contributed by atoms with van der Waals surface area (Å²) in [5, 5.41) is 11.0. The second-order valence-electron chi connectivity index (χ2n) is 9.02. The predicted molar refractivity (Wildman–Crippen MR) is 140 cm³/mol. The first-order valence-corrected chi connectivity index (χ1v) is 12.3. The number of aromatic amines is 2. The molecule has 37 heavy (non-hydrogen) atoms. The van der Waals surface area contributed by atoms with Crippen LogP contribution in [-0.4, -0.2) is 59.3 Å². The first-order valence-electron chi connectivity index (χ1n) is 12.3. The van der Waals surface area contributed by atoms with E-state index in [1.165, 1.54) is 0 Å². The van der Waals surface area contributed by atoms with E-state index in [4.69, 9.17) is 14.7 Å². The zero-order chi connectivity index (χ0) is 24.6. The standard InChI is InChI=1S/C27H23N9O/c1-2-16(13-29-8-1)23-24-21(7-11-31-23)33-27(34-24)26-25-22(35-36-26)4-3-20(32-25)17-12-19(15-30-14-17)37-18-5-9-28-10-6-18/h1-4,7-8,11-15,18,28H,5-6,9-10H2,(H,33,34)(H,35,36). The molecule has 0 saturated carbocycles. The van der Waals surface area contributed by atoms with Crippen molar-refractivity contribution in [3.63, 3.8) is 0 Å². The monoisotopic (exact) mass is 489 g/mol. The number of rotatable bonds is 5. The number of imidazole rings is 1. The van der Waals surface area contributed by atoms with Crippen molar-refractivity contribution in [1.29, 1.82) is 0 Å². The topological polar surface area (TPSA) is 130 Å². The van der Waals surface area contributed by atoms with Gasteiger partial charge in [0.2, 0.25) is 0 Å². The summed E-state index contributed by atoms with van der Waals surface area (Å²) < 4.78 is 6.19. The fourth-order valence-corrected chi connectivity index (χ4v) is 4.72. The number of nitrogens with one attached hydrogen (secondary N) is 3. The summed E-state index contributed by atoms with van der Waals surface area (Å²) in [6.45, 7) is 1.95. The number of nitrogens with zero attached hydrogens (tertiary/aromatic N) is 6. The fourth-order valence-electron chi connectivity index (χ4n) is 4.72. The van der Waals surface area contributed by atoms with Crippen LogP contribution in [0.5, 0.6) is 5.75 Å². The van der Waals surface area contributed by atoms with E-state index in [0.717, 1.165) is 76.3 Å². The fraction of sp³-hybridized carbons (Fsp3) is 0.185. The van der Waals surface area contributed by atoms with Crippen LogP contribution in [0.25, 0.3) is 56.1 Å². The molecule has 0 amide bonds. The Morgan fingerprint density at radius 2 is 1.70 bits per heavy atom. The average molecular weight is 490 g/mol. The molecule has 10 heteroatoms. The van der Waals surface area contributed by atoms with Crippen LogP contribution in [-0.2, 0) is 0 Å². The van der Waals surface area contributed by atoms with Gasteiger partial charge in [-0.3, -0.25) is 20.1 Å². The van der Waals surface area contributed by atoms with Crippen molar-refractivity contribution < 1.29 is 4.74 Å². The molecule has 10 nitrogen and oxygen atoms in total. The molecule has 0 unspecified atom stereocenters. The lowest BCUT2D eigenvalue weighted by molar-refractivity contribution is 0.162. The number of piperidine rings is 1. The van der Waals surface area contributed by atoms with Crippen LogP contribution in [0.4, 0.5) is 0 Å². The third-order valence-corrected chi connectivity index (χ3v) is 6.57. The molecule has 6 aromatic heterocycles. The number of ether oxygens (including phenoxy) is 1. The van der Waals surface area contributed by atoms with Crippen LogP contribution in [0.3, 0.4) is 0 Å². The van der Waals surface area contributed by atoms with Gasteiger partial charge in [0.25, 0.3) is 0 Å². The number of aromatic nitrogens is 8. The zero-order valence-corrected chi connectivity index (χ0v) is 19.8. The Balaban J connectivity index is 1.26. The van der Waals surface area contributed by atoms with E-state index < -0.39 is 0 Å². The molecule has 1 saturated heterocycles. The minimum absolute atomic E-state index is 0.202. The molecular weight excluding hydrogens is 466 g/mol. The number of fused-ring (bicyclic) bond motifs is 2. The van der Waals surface area contributed by atoms with Crippen LogP contribution < -0.4 is 10.1 Å². The van der Waals surface area contributed by atoms with Crippen molar-refractivity contribution in [3.8, 4) is 39.8 Å². The molecule has 7 heterocycles. The summed E-state index contributed by atoms with van der Waals surface area (Å²) in [6, 6.07) is 11.7. The van der Waals surface area contributed by atoms with Crippen molar-refractivity contribution in [2.24, 2.45) is 0 Å². The number of hydrogen-bond donors (Lipinski definition) is 3. The summed E-state index contributed by atoms with van der Waals surface area (Å²) >= 11 is 0. The quantitative estimate of drug-likeness (QED) is 0.329. The highest BCUT2D eigenvalue weighted by molar-refractivity contribution is 5.94. The van der Waals surface area contributed by atoms with Gasteiger partial charge < -0.3 is 15.0 Å². The summed E-state index contributed by atoms with van der Waals surface area (Å²) in [5.41, 5.74) is 7.13. The molecule has 7 rings (SSSR count). The maximum atomic E-state index is 6.19. The molecule has 0 spiro atoms. The van der Waals surface area contributed by atoms with Crippen LogP contribution >= 0.6 is 0 Å². The third kappa shape index (κ3) is 4.07. The lowest BCUT2D eigenvalue weighted by Crippen LogP contribution is -2.34. The van der Waals surface area contributed by atoms with Gasteiger partial charge in [-0.05, 0) is 62.3 Å². The Morgan fingerprint density at radius 1 is 0.811 bits per heavy atom. The summed E-state index contributed by atoms with van der Waals surface area (Å²) in [4.78, 5) is 26.4. The summed E-state index contributed by atoms with van der Waals surface area (Å²) in [7, 11) is 0. The highest BCUT2D eigenvalue weighted by Gasteiger charge is 2.18. The van der Waals surface area contributed by atoms with Crippen molar-refractivity contribution in [2.75, 3.05) is 13.1 Å². The van der Waals surface area contributed by atoms with Crippen molar-refractivity contribution in [1.82, 2.24) is 45.4 Å². The van der Waals surface area contributed by atoms with E-state index in [0.29, 0.717) is 11.5 Å². The third-order valence-electron chi connectivity index (χ3n) is 6.57. The van der Waals surface area contributed by atoms with Crippen molar-refractivity contribution in [2.45, 2.75) is 18.9 Å². The van der Waals surface area contributed by atoms with Gasteiger partial charge in [-0.25, -0.2) is 9.97 Å². The summed E-state index contributed by atoms with van der Waals surface area (Å²) in [6.07, 6.45) is 11.0. The van der Waals surface area contributed by atoms with E-state index in [1.807, 2.05) is 36.4 Å². The highest BCUT2D eigenvalue weighted by atomic mass is 16.5. The van der Waals surface area contributed by atoms with E-state index >= 15 is 0 Å². The highest BCUT2D eigenvalue weighted by Crippen LogP contribution is 2.31. The number of pyridine rings is 4. The minimum Gasteiger partial charge on any atom is -0.489 e. The van der Waals surface area contributed by atoms with Gasteiger partial charge in [0.05, 0.1) is 28.6 Å². The molecule has 0 atom stereocenters. The Bertz CT molecular complexity index is 1700. The molecule has 0 bridgehead atoms. The molecule has 1 fully saturated rings. The van der Waals surface area contributed by atoms with Gasteiger partial charge >= 0.3 is 0 Å². The maximum Gasteiger partial charge on any atom is 0.161 e. The lowest BCUT2D eigenvalue weighted by atomic mass is 10.1. The van der Waals surface area contributed by atoms with Gasteiger partial charge in [-0.2, -0.15) is 5.10 Å². The van der Waals surface area contributed by atoms with E-state index in [2.05, 4.69) is 35.5 Å². The zero-order valence-electron chi connectivity index (χ0n) is 19.8. The molecular formula is C27H23N9O. The SMILES string of the molecule is c1cncc(-c2nccc3[nH]c(-c4n[nH]c5ccc(-c6cncc(OC7CCNCC7)c6)nc45)nc23)c1. The van der Waals surface area contributed by atoms with E-state index in [9.17, 15) is 0 Å². The average Bonchev–Trinajstić information content (AvgIpc) is 3.58. The van der Waals surface area contributed by atoms with E-state index in [1.54, 1.807) is 31.0 Å². The Morgan fingerprint density at radius 3 is 2.59 bits per heavy atom. The molecule has 0 aliphatic carbocycles. The Hall–Kier alpha value is -4.70. The van der Waals surface area contributed by atoms with Crippen LogP contribution in [0.2, 0.25) is 0 Å². The molecule has 0 aromatic carbocycles. The van der Waals surface area contributed by atoms with Crippen LogP contribution in [0, 0.1) is 0 Å². The summed E-state index contributed by atoms with van der Waals surface area (Å²) in [5.74, 6) is 1.37. The normalized spacial score (nSPS) is 14.4. The van der Waals surface area contributed by atoms with Crippen molar-refractivity contribution >= 4 is 22.1 Å². The number of hydrogen-bond acceptors (Lipinski definition) is 8. The van der Waals surface area contributed by atoms with Crippen molar-refractivity contribution in [3.05, 3.63) is 67.4 Å². The largest absolute Gasteiger partial charge is 0.489 e.